The molecule has 0 aliphatic carbocycles. The van der Waals surface area contributed by atoms with E-state index < -0.39 is 5.41 Å². The predicted octanol–water partition coefficient (Wildman–Crippen LogP) is 3.39. The molecule has 0 atom stereocenters. The van der Waals surface area contributed by atoms with Crippen molar-refractivity contribution in [2.45, 2.75) is 33.6 Å². The van der Waals surface area contributed by atoms with E-state index in [9.17, 15) is 4.79 Å². The Labute approximate surface area is 173 Å². The third-order valence-electron chi connectivity index (χ3n) is 5.57. The summed E-state index contributed by atoms with van der Waals surface area (Å²) in [5.74, 6) is 0.188. The molecule has 1 aliphatic heterocycles. The van der Waals surface area contributed by atoms with Gasteiger partial charge in [-0.25, -0.2) is 0 Å². The number of anilines is 1. The van der Waals surface area contributed by atoms with Crippen LogP contribution in [0.15, 0.2) is 22.6 Å². The maximum absolute atomic E-state index is 12.9. The molecule has 2 heterocycles. The van der Waals surface area contributed by atoms with Gasteiger partial charge in [0.1, 0.15) is 5.52 Å². The monoisotopic (exact) mass is 416 g/mol. The number of rotatable bonds is 5. The van der Waals surface area contributed by atoms with Crippen LogP contribution in [0.3, 0.4) is 0 Å². The lowest BCUT2D eigenvalue weighted by molar-refractivity contribution is -0.142. The predicted molar refractivity (Wildman–Crippen MR) is 114 cm³/mol. The van der Waals surface area contributed by atoms with Gasteiger partial charge in [-0.3, -0.25) is 4.79 Å². The highest BCUT2D eigenvalue weighted by Gasteiger charge is 2.38. The number of piperazine rings is 1. The molecule has 152 valence electrons. The first kappa shape index (κ1) is 23.5. The molecule has 6 nitrogen and oxygen atoms in total. The minimum absolute atomic E-state index is 0. The number of aromatic nitrogens is 1. The molecule has 1 aromatic heterocycles. The molecule has 1 amide bonds. The van der Waals surface area contributed by atoms with E-state index in [0.29, 0.717) is 25.6 Å². The van der Waals surface area contributed by atoms with E-state index in [4.69, 9.17) is 10.2 Å². The minimum atomic E-state index is -0.419. The lowest BCUT2D eigenvalue weighted by Crippen LogP contribution is -2.55. The van der Waals surface area contributed by atoms with E-state index in [2.05, 4.69) is 9.88 Å². The van der Waals surface area contributed by atoms with Gasteiger partial charge in [0.15, 0.2) is 5.58 Å². The van der Waals surface area contributed by atoms with E-state index in [1.165, 1.54) is 5.56 Å². The SMILES string of the molecule is CCC(CC)(CN)C(=O)N1CCN(c2nc3cc(C)ccc3o2)CC1.Cl.Cl. The molecule has 1 saturated heterocycles. The van der Waals surface area contributed by atoms with Crippen LogP contribution < -0.4 is 10.6 Å². The molecule has 0 spiro atoms. The Morgan fingerprint density at radius 2 is 1.81 bits per heavy atom. The third kappa shape index (κ3) is 4.50. The second-order valence-corrected chi connectivity index (χ2v) is 6.94. The average Bonchev–Trinajstić information content (AvgIpc) is 3.06. The van der Waals surface area contributed by atoms with E-state index in [1.54, 1.807) is 0 Å². The molecular formula is C19H30Cl2N4O2. The summed E-state index contributed by atoms with van der Waals surface area (Å²) < 4.78 is 5.88. The summed E-state index contributed by atoms with van der Waals surface area (Å²) in [7, 11) is 0. The van der Waals surface area contributed by atoms with Gasteiger partial charge in [0.2, 0.25) is 5.91 Å². The van der Waals surface area contributed by atoms with Crippen molar-refractivity contribution in [3.63, 3.8) is 0 Å². The van der Waals surface area contributed by atoms with Gasteiger partial charge in [0.25, 0.3) is 6.01 Å². The third-order valence-corrected chi connectivity index (χ3v) is 5.57. The fourth-order valence-corrected chi connectivity index (χ4v) is 3.53. The summed E-state index contributed by atoms with van der Waals surface area (Å²) in [6, 6.07) is 6.65. The number of nitrogens with two attached hydrogens (primary N) is 1. The van der Waals surface area contributed by atoms with Crippen molar-refractivity contribution >= 4 is 47.8 Å². The summed E-state index contributed by atoms with van der Waals surface area (Å²) in [6.45, 7) is 9.36. The van der Waals surface area contributed by atoms with Gasteiger partial charge in [-0.15, -0.1) is 24.8 Å². The standard InChI is InChI=1S/C19H28N4O2.2ClH/c1-4-19(5-2,13-20)17(24)22-8-10-23(11-9-22)18-21-15-12-14(3)6-7-16(15)25-18;;/h6-7,12H,4-5,8-11,13,20H2,1-3H3;2*1H. The van der Waals surface area contributed by atoms with Crippen molar-refractivity contribution in [3.05, 3.63) is 23.8 Å². The molecule has 0 unspecified atom stereocenters. The number of fused-ring (bicyclic) bond motifs is 1. The smallest absolute Gasteiger partial charge is 0.298 e. The first-order chi connectivity index (χ1) is 12.0. The Kier molecular flexibility index (Phi) is 8.39. The van der Waals surface area contributed by atoms with Crippen LogP contribution in [0.25, 0.3) is 11.1 Å². The molecule has 0 bridgehead atoms. The van der Waals surface area contributed by atoms with Gasteiger partial charge < -0.3 is 20.0 Å². The number of carbonyl (C=O) groups is 1. The molecule has 2 aromatic rings. The van der Waals surface area contributed by atoms with Gasteiger partial charge in [0, 0.05) is 32.7 Å². The summed E-state index contributed by atoms with van der Waals surface area (Å²) in [6.07, 6.45) is 1.56. The van der Waals surface area contributed by atoms with Gasteiger partial charge in [-0.05, 0) is 37.5 Å². The van der Waals surface area contributed by atoms with E-state index in [-0.39, 0.29) is 30.7 Å². The summed E-state index contributed by atoms with van der Waals surface area (Å²) in [4.78, 5) is 21.6. The van der Waals surface area contributed by atoms with Crippen LogP contribution in [0.4, 0.5) is 6.01 Å². The number of hydrogen-bond acceptors (Lipinski definition) is 5. The van der Waals surface area contributed by atoms with Crippen molar-refractivity contribution in [1.82, 2.24) is 9.88 Å². The van der Waals surface area contributed by atoms with Gasteiger partial charge in [0.05, 0.1) is 5.41 Å². The quantitative estimate of drug-likeness (QED) is 0.807. The summed E-state index contributed by atoms with van der Waals surface area (Å²) in [5.41, 5.74) is 8.36. The van der Waals surface area contributed by atoms with E-state index in [0.717, 1.165) is 37.0 Å². The molecule has 2 N–H and O–H groups in total. The van der Waals surface area contributed by atoms with Gasteiger partial charge in [-0.1, -0.05) is 19.9 Å². The molecule has 27 heavy (non-hydrogen) atoms. The van der Waals surface area contributed by atoms with Crippen LogP contribution in [0.2, 0.25) is 0 Å². The molecule has 1 aromatic carbocycles. The zero-order valence-electron chi connectivity index (χ0n) is 16.2. The van der Waals surface area contributed by atoms with Crippen LogP contribution in [-0.2, 0) is 4.79 Å². The Morgan fingerprint density at radius 1 is 1.19 bits per heavy atom. The number of nitrogens with zero attached hydrogens (tertiary/aromatic N) is 3. The zero-order valence-corrected chi connectivity index (χ0v) is 17.9. The number of aryl methyl sites for hydroxylation is 1. The van der Waals surface area contributed by atoms with Crippen LogP contribution in [0, 0.1) is 12.3 Å². The maximum atomic E-state index is 12.9. The minimum Gasteiger partial charge on any atom is -0.423 e. The van der Waals surface area contributed by atoms with Crippen LogP contribution in [-0.4, -0.2) is 48.5 Å². The van der Waals surface area contributed by atoms with E-state index >= 15 is 0 Å². The van der Waals surface area contributed by atoms with E-state index in [1.807, 2.05) is 43.9 Å². The molecule has 1 fully saturated rings. The lowest BCUT2D eigenvalue weighted by atomic mass is 9.81. The highest BCUT2D eigenvalue weighted by Crippen LogP contribution is 2.29. The average molecular weight is 417 g/mol. The molecule has 0 saturated carbocycles. The summed E-state index contributed by atoms with van der Waals surface area (Å²) in [5, 5.41) is 0. The van der Waals surface area contributed by atoms with Crippen LogP contribution >= 0.6 is 24.8 Å². The highest BCUT2D eigenvalue weighted by atomic mass is 35.5. The first-order valence-corrected chi connectivity index (χ1v) is 9.14. The van der Waals surface area contributed by atoms with Crippen molar-refractivity contribution in [1.29, 1.82) is 0 Å². The maximum Gasteiger partial charge on any atom is 0.298 e. The number of hydrogen-bond donors (Lipinski definition) is 1. The fraction of sp³-hybridized carbons (Fsp3) is 0.579. The Bertz CT molecular complexity index is 745. The molecule has 8 heteroatoms. The normalized spacial score (nSPS) is 14.7. The topological polar surface area (TPSA) is 75.6 Å². The van der Waals surface area contributed by atoms with Gasteiger partial charge >= 0.3 is 0 Å². The second kappa shape index (κ2) is 9.62. The molecule has 0 radical (unpaired) electrons. The summed E-state index contributed by atoms with van der Waals surface area (Å²) >= 11 is 0. The van der Waals surface area contributed by atoms with Crippen molar-refractivity contribution in [3.8, 4) is 0 Å². The van der Waals surface area contributed by atoms with Crippen LogP contribution in [0.1, 0.15) is 32.3 Å². The molecule has 1 aliphatic rings. The fourth-order valence-electron chi connectivity index (χ4n) is 3.53. The van der Waals surface area contributed by atoms with Crippen molar-refractivity contribution < 1.29 is 9.21 Å². The Hall–Kier alpha value is -1.50. The highest BCUT2D eigenvalue weighted by molar-refractivity contribution is 5.85. The number of benzene rings is 1. The molecule has 3 rings (SSSR count). The lowest BCUT2D eigenvalue weighted by Gasteiger charge is -2.39. The number of carbonyl (C=O) groups excluding carboxylic acids is 1. The second-order valence-electron chi connectivity index (χ2n) is 6.94. The number of halogens is 2. The number of amides is 1. The number of oxazole rings is 1. The first-order valence-electron chi connectivity index (χ1n) is 9.14. The van der Waals surface area contributed by atoms with Crippen LogP contribution in [0.5, 0.6) is 0 Å². The Morgan fingerprint density at radius 3 is 2.37 bits per heavy atom. The zero-order chi connectivity index (χ0) is 18.0. The Balaban J connectivity index is 0.00000182. The van der Waals surface area contributed by atoms with Crippen molar-refractivity contribution in [2.24, 2.45) is 11.1 Å². The van der Waals surface area contributed by atoms with Gasteiger partial charge in [-0.2, -0.15) is 4.98 Å². The largest absolute Gasteiger partial charge is 0.423 e. The molecular weight excluding hydrogens is 387 g/mol. The van der Waals surface area contributed by atoms with Crippen molar-refractivity contribution in [2.75, 3.05) is 37.6 Å².